The van der Waals surface area contributed by atoms with Gasteiger partial charge >= 0.3 is 0 Å². The number of anilines is 1. The second-order valence-corrected chi connectivity index (χ2v) is 1.83. The Morgan fingerprint density at radius 3 is 2.50 bits per heavy atom. The van der Waals surface area contributed by atoms with Gasteiger partial charge in [0.25, 0.3) is 0 Å². The highest BCUT2D eigenvalue weighted by Gasteiger charge is 1.80. The van der Waals surface area contributed by atoms with Crippen LogP contribution in [0.25, 0.3) is 0 Å². The highest BCUT2D eigenvalue weighted by Crippen LogP contribution is 2.03. The van der Waals surface area contributed by atoms with E-state index in [1.807, 2.05) is 30.3 Å². The first-order valence-corrected chi connectivity index (χ1v) is 3.04. The molecular formula is C8H9NO. The van der Waals surface area contributed by atoms with E-state index in [4.69, 9.17) is 5.11 Å². The molecule has 0 heterocycles. The van der Waals surface area contributed by atoms with Gasteiger partial charge in [-0.3, -0.25) is 0 Å². The molecule has 1 aromatic carbocycles. The van der Waals surface area contributed by atoms with Crippen LogP contribution >= 0.6 is 0 Å². The van der Waals surface area contributed by atoms with Crippen LogP contribution in [0.2, 0.25) is 0 Å². The lowest BCUT2D eigenvalue weighted by molar-refractivity contribution is 0.473. The molecule has 0 unspecified atom stereocenters. The maximum atomic E-state index is 8.28. The molecular weight excluding hydrogens is 126 g/mol. The third-order valence-corrected chi connectivity index (χ3v) is 1.10. The van der Waals surface area contributed by atoms with Gasteiger partial charge in [-0.15, -0.1) is 0 Å². The highest BCUT2D eigenvalue weighted by molar-refractivity contribution is 5.44. The topological polar surface area (TPSA) is 32.3 Å². The minimum Gasteiger partial charge on any atom is -0.514 e. The lowest BCUT2D eigenvalue weighted by Crippen LogP contribution is -1.84. The van der Waals surface area contributed by atoms with Crippen molar-refractivity contribution in [2.45, 2.75) is 0 Å². The normalized spacial score (nSPS) is 10.0. The number of aliphatic hydroxyl groups excluding tert-OH is 1. The summed E-state index contributed by atoms with van der Waals surface area (Å²) in [5.41, 5.74) is 0.966. The average molecular weight is 135 g/mol. The van der Waals surface area contributed by atoms with Crippen molar-refractivity contribution in [1.82, 2.24) is 0 Å². The van der Waals surface area contributed by atoms with E-state index >= 15 is 0 Å². The number of hydrogen-bond acceptors (Lipinski definition) is 2. The smallest absolute Gasteiger partial charge is 0.0951 e. The SMILES string of the molecule is OC=CNc1ccccc1. The van der Waals surface area contributed by atoms with Crippen LogP contribution in [0.4, 0.5) is 5.69 Å². The molecule has 0 bridgehead atoms. The van der Waals surface area contributed by atoms with E-state index in [9.17, 15) is 0 Å². The van der Waals surface area contributed by atoms with E-state index in [1.54, 1.807) is 0 Å². The van der Waals surface area contributed by atoms with Gasteiger partial charge in [-0.1, -0.05) is 18.2 Å². The fraction of sp³-hybridized carbons (Fsp3) is 0. The molecule has 1 aromatic rings. The summed E-state index contributed by atoms with van der Waals surface area (Å²) in [6, 6.07) is 9.62. The van der Waals surface area contributed by atoms with Gasteiger partial charge in [-0.2, -0.15) is 0 Å². The molecule has 10 heavy (non-hydrogen) atoms. The maximum Gasteiger partial charge on any atom is 0.0951 e. The summed E-state index contributed by atoms with van der Waals surface area (Å²) >= 11 is 0. The first kappa shape index (κ1) is 6.68. The van der Waals surface area contributed by atoms with Crippen LogP contribution in [-0.4, -0.2) is 5.11 Å². The summed E-state index contributed by atoms with van der Waals surface area (Å²) in [5.74, 6) is 0. The Labute approximate surface area is 59.8 Å². The van der Waals surface area contributed by atoms with Gasteiger partial charge < -0.3 is 10.4 Å². The number of rotatable bonds is 2. The Hall–Kier alpha value is -1.44. The van der Waals surface area contributed by atoms with Gasteiger partial charge in [-0.05, 0) is 12.1 Å². The van der Waals surface area contributed by atoms with Crippen LogP contribution < -0.4 is 5.32 Å². The summed E-state index contributed by atoms with van der Waals surface area (Å²) < 4.78 is 0. The summed E-state index contributed by atoms with van der Waals surface area (Å²) in [5, 5.41) is 11.1. The Morgan fingerprint density at radius 1 is 1.20 bits per heavy atom. The molecule has 52 valence electrons. The van der Waals surface area contributed by atoms with Gasteiger partial charge in [-0.25, -0.2) is 0 Å². The van der Waals surface area contributed by atoms with Gasteiger partial charge in [0.15, 0.2) is 0 Å². The van der Waals surface area contributed by atoms with Crippen molar-refractivity contribution >= 4 is 5.69 Å². The lowest BCUT2D eigenvalue weighted by atomic mass is 10.3. The van der Waals surface area contributed by atoms with Crippen molar-refractivity contribution in [3.05, 3.63) is 42.8 Å². The standard InChI is InChI=1S/C8H9NO/c10-7-6-9-8-4-2-1-3-5-8/h1-7,9-10H. The van der Waals surface area contributed by atoms with Crippen molar-refractivity contribution in [3.63, 3.8) is 0 Å². The Bertz CT molecular complexity index is 206. The highest BCUT2D eigenvalue weighted by atomic mass is 16.2. The van der Waals surface area contributed by atoms with Crippen LogP contribution in [0.5, 0.6) is 0 Å². The quantitative estimate of drug-likeness (QED) is 0.609. The molecule has 0 saturated heterocycles. The van der Waals surface area contributed by atoms with E-state index < -0.39 is 0 Å². The molecule has 0 saturated carbocycles. The van der Waals surface area contributed by atoms with Crippen LogP contribution in [-0.2, 0) is 0 Å². The zero-order valence-corrected chi connectivity index (χ0v) is 5.49. The second kappa shape index (κ2) is 3.56. The molecule has 0 radical (unpaired) electrons. The Balaban J connectivity index is 2.59. The monoisotopic (exact) mass is 135 g/mol. The molecule has 0 aromatic heterocycles. The molecule has 0 fully saturated rings. The minimum absolute atomic E-state index is 0.965. The van der Waals surface area contributed by atoms with Gasteiger partial charge in [0.1, 0.15) is 0 Å². The van der Waals surface area contributed by atoms with Crippen molar-refractivity contribution in [3.8, 4) is 0 Å². The molecule has 0 spiro atoms. The van der Waals surface area contributed by atoms with Crippen molar-refractivity contribution in [2.24, 2.45) is 0 Å². The third kappa shape index (κ3) is 1.82. The molecule has 2 nitrogen and oxygen atoms in total. The van der Waals surface area contributed by atoms with Crippen molar-refractivity contribution < 1.29 is 5.11 Å². The first-order chi connectivity index (χ1) is 4.93. The minimum atomic E-state index is 0.965. The van der Waals surface area contributed by atoms with E-state index in [0.29, 0.717) is 0 Å². The summed E-state index contributed by atoms with van der Waals surface area (Å²) in [6.45, 7) is 0. The van der Waals surface area contributed by atoms with E-state index in [2.05, 4.69) is 5.32 Å². The average Bonchev–Trinajstić information content (AvgIpc) is 2.03. The zero-order chi connectivity index (χ0) is 7.23. The molecule has 0 aliphatic carbocycles. The van der Waals surface area contributed by atoms with Gasteiger partial charge in [0.2, 0.25) is 0 Å². The maximum absolute atomic E-state index is 8.28. The predicted octanol–water partition coefficient (Wildman–Crippen LogP) is 2.13. The van der Waals surface area contributed by atoms with E-state index in [0.717, 1.165) is 11.9 Å². The summed E-state index contributed by atoms with van der Waals surface area (Å²) in [6.07, 6.45) is 2.43. The van der Waals surface area contributed by atoms with Crippen LogP contribution in [0, 0.1) is 0 Å². The Kier molecular flexibility index (Phi) is 2.38. The number of benzene rings is 1. The molecule has 1 rings (SSSR count). The third-order valence-electron chi connectivity index (χ3n) is 1.10. The fourth-order valence-electron chi connectivity index (χ4n) is 0.668. The van der Waals surface area contributed by atoms with E-state index in [1.165, 1.54) is 6.20 Å². The molecule has 0 amide bonds. The Morgan fingerprint density at radius 2 is 1.90 bits per heavy atom. The van der Waals surface area contributed by atoms with Crippen LogP contribution in [0.1, 0.15) is 0 Å². The first-order valence-electron chi connectivity index (χ1n) is 3.04. The van der Waals surface area contributed by atoms with Gasteiger partial charge in [0.05, 0.1) is 6.26 Å². The largest absolute Gasteiger partial charge is 0.514 e. The second-order valence-electron chi connectivity index (χ2n) is 1.83. The summed E-state index contributed by atoms with van der Waals surface area (Å²) in [7, 11) is 0. The number of nitrogens with one attached hydrogen (secondary N) is 1. The number of para-hydroxylation sites is 1. The van der Waals surface area contributed by atoms with Gasteiger partial charge in [0, 0.05) is 11.9 Å². The van der Waals surface area contributed by atoms with E-state index in [-0.39, 0.29) is 0 Å². The molecule has 0 aliphatic heterocycles. The van der Waals surface area contributed by atoms with Crippen molar-refractivity contribution in [1.29, 1.82) is 0 Å². The van der Waals surface area contributed by atoms with Crippen molar-refractivity contribution in [2.75, 3.05) is 5.32 Å². The molecule has 0 atom stereocenters. The molecule has 2 heteroatoms. The lowest BCUT2D eigenvalue weighted by Gasteiger charge is -1.96. The molecule has 0 aliphatic rings. The zero-order valence-electron chi connectivity index (χ0n) is 5.49. The summed E-state index contributed by atoms with van der Waals surface area (Å²) in [4.78, 5) is 0. The van der Waals surface area contributed by atoms with Crippen LogP contribution in [0.15, 0.2) is 42.8 Å². The number of hydrogen-bond donors (Lipinski definition) is 2. The number of aliphatic hydroxyl groups is 1. The molecule has 2 N–H and O–H groups in total. The fourth-order valence-corrected chi connectivity index (χ4v) is 0.668. The predicted molar refractivity (Wildman–Crippen MR) is 41.8 cm³/mol. The van der Waals surface area contributed by atoms with Crippen LogP contribution in [0.3, 0.4) is 0 Å².